The standard InChI is InChI=1S/C25H21ClF3NO3/c1-13-21(24(32)33-2)22(17-5-3-4-6-18(17)25(27,28)29)23-19(30-13)11-15(12-20(23)31)14-7-9-16(26)10-8-14/h3-10,15,22,30H,11-12H2,1-2H3. The van der Waals surface area contributed by atoms with Crippen LogP contribution in [-0.2, 0) is 20.5 Å². The number of rotatable bonds is 3. The average molecular weight is 476 g/mol. The molecule has 0 radical (unpaired) electrons. The van der Waals surface area contributed by atoms with Crippen LogP contribution in [0, 0.1) is 0 Å². The van der Waals surface area contributed by atoms with Crippen LogP contribution >= 0.6 is 11.6 Å². The number of nitrogens with one attached hydrogen (secondary N) is 1. The summed E-state index contributed by atoms with van der Waals surface area (Å²) in [5.41, 5.74) is 0.969. The molecule has 0 saturated heterocycles. The van der Waals surface area contributed by atoms with Gasteiger partial charge in [0.15, 0.2) is 5.78 Å². The second-order valence-corrected chi connectivity index (χ2v) is 8.58. The lowest BCUT2D eigenvalue weighted by Crippen LogP contribution is -2.36. The number of alkyl halides is 3. The third-order valence-corrected chi connectivity index (χ3v) is 6.40. The minimum atomic E-state index is -4.65. The lowest BCUT2D eigenvalue weighted by Gasteiger charge is -2.37. The molecule has 0 amide bonds. The Morgan fingerprint density at radius 3 is 2.39 bits per heavy atom. The van der Waals surface area contributed by atoms with Gasteiger partial charge < -0.3 is 10.1 Å². The van der Waals surface area contributed by atoms with Gasteiger partial charge in [-0.15, -0.1) is 0 Å². The second kappa shape index (κ2) is 8.71. The Labute approximate surface area is 194 Å². The molecular formula is C25H21ClF3NO3. The van der Waals surface area contributed by atoms with Crippen molar-refractivity contribution >= 4 is 23.4 Å². The van der Waals surface area contributed by atoms with Crippen LogP contribution in [0.1, 0.15) is 48.3 Å². The first-order chi connectivity index (χ1) is 15.6. The van der Waals surface area contributed by atoms with Gasteiger partial charge in [0.2, 0.25) is 0 Å². The summed E-state index contributed by atoms with van der Waals surface area (Å²) in [4.78, 5) is 26.1. The van der Waals surface area contributed by atoms with Crippen LogP contribution in [0.5, 0.6) is 0 Å². The lowest BCUT2D eigenvalue weighted by molar-refractivity contribution is -0.139. The molecule has 0 bridgehead atoms. The predicted octanol–water partition coefficient (Wildman–Crippen LogP) is 5.89. The largest absolute Gasteiger partial charge is 0.466 e. The minimum Gasteiger partial charge on any atom is -0.466 e. The normalized spacial score (nSPS) is 21.0. The first kappa shape index (κ1) is 23.1. The fourth-order valence-electron chi connectivity index (χ4n) is 4.71. The van der Waals surface area contributed by atoms with Gasteiger partial charge in [0.25, 0.3) is 0 Å². The van der Waals surface area contributed by atoms with Gasteiger partial charge >= 0.3 is 12.1 Å². The van der Waals surface area contributed by atoms with Crippen molar-refractivity contribution in [2.75, 3.05) is 7.11 Å². The number of ether oxygens (including phenoxy) is 1. The smallest absolute Gasteiger partial charge is 0.416 e. The molecule has 8 heteroatoms. The van der Waals surface area contributed by atoms with Crippen molar-refractivity contribution in [1.29, 1.82) is 0 Å². The zero-order valence-electron chi connectivity index (χ0n) is 17.9. The number of halogens is 4. The van der Waals surface area contributed by atoms with Crippen LogP contribution in [-0.4, -0.2) is 18.9 Å². The molecule has 4 rings (SSSR count). The van der Waals surface area contributed by atoms with E-state index < -0.39 is 23.6 Å². The molecule has 0 fully saturated rings. The number of ketones is 1. The van der Waals surface area contributed by atoms with E-state index in [-0.39, 0.29) is 34.8 Å². The van der Waals surface area contributed by atoms with Gasteiger partial charge in [0.05, 0.1) is 18.2 Å². The molecular weight excluding hydrogens is 455 g/mol. The first-order valence-corrected chi connectivity index (χ1v) is 10.7. The molecule has 33 heavy (non-hydrogen) atoms. The van der Waals surface area contributed by atoms with E-state index in [0.29, 0.717) is 22.8 Å². The van der Waals surface area contributed by atoms with Crippen molar-refractivity contribution in [3.8, 4) is 0 Å². The third-order valence-electron chi connectivity index (χ3n) is 6.15. The molecule has 2 unspecified atom stereocenters. The van der Waals surface area contributed by atoms with E-state index in [4.69, 9.17) is 16.3 Å². The van der Waals surface area contributed by atoms with Crippen molar-refractivity contribution in [1.82, 2.24) is 5.32 Å². The average Bonchev–Trinajstić information content (AvgIpc) is 2.77. The maximum Gasteiger partial charge on any atom is 0.416 e. The summed E-state index contributed by atoms with van der Waals surface area (Å²) in [5.74, 6) is -2.42. The Balaban J connectivity index is 1.87. The van der Waals surface area contributed by atoms with Crippen LogP contribution in [0.25, 0.3) is 0 Å². The number of carbonyl (C=O) groups excluding carboxylic acids is 2. The molecule has 0 spiro atoms. The summed E-state index contributed by atoms with van der Waals surface area (Å²) >= 11 is 5.98. The predicted molar refractivity (Wildman–Crippen MR) is 117 cm³/mol. The fraction of sp³-hybridized carbons (Fsp3) is 0.280. The van der Waals surface area contributed by atoms with Crippen LogP contribution in [0.3, 0.4) is 0 Å². The van der Waals surface area contributed by atoms with Gasteiger partial charge in [-0.05, 0) is 48.6 Å². The van der Waals surface area contributed by atoms with E-state index in [1.165, 1.54) is 25.3 Å². The summed E-state index contributed by atoms with van der Waals surface area (Å²) in [7, 11) is 1.17. The van der Waals surface area contributed by atoms with E-state index in [2.05, 4.69) is 5.32 Å². The highest BCUT2D eigenvalue weighted by Crippen LogP contribution is 2.48. The van der Waals surface area contributed by atoms with Gasteiger partial charge in [0.1, 0.15) is 0 Å². The van der Waals surface area contributed by atoms with E-state index >= 15 is 0 Å². The van der Waals surface area contributed by atoms with Gasteiger partial charge in [-0.25, -0.2) is 4.79 Å². The molecule has 0 aromatic heterocycles. The van der Waals surface area contributed by atoms with Gasteiger partial charge in [-0.2, -0.15) is 13.2 Å². The summed E-state index contributed by atoms with van der Waals surface area (Å²) in [6, 6.07) is 12.2. The van der Waals surface area contributed by atoms with Crippen LogP contribution in [0.2, 0.25) is 5.02 Å². The van der Waals surface area contributed by atoms with Gasteiger partial charge in [-0.1, -0.05) is 41.9 Å². The number of methoxy groups -OCH3 is 1. The number of esters is 1. The summed E-state index contributed by atoms with van der Waals surface area (Å²) in [6.07, 6.45) is -4.12. The lowest BCUT2D eigenvalue weighted by atomic mass is 9.71. The molecule has 1 heterocycles. The summed E-state index contributed by atoms with van der Waals surface area (Å²) in [6.45, 7) is 1.61. The highest BCUT2D eigenvalue weighted by Gasteiger charge is 2.44. The van der Waals surface area contributed by atoms with Crippen molar-refractivity contribution in [2.24, 2.45) is 0 Å². The number of hydrogen-bond donors (Lipinski definition) is 1. The Hall–Kier alpha value is -3.06. The highest BCUT2D eigenvalue weighted by atomic mass is 35.5. The maximum atomic E-state index is 13.9. The van der Waals surface area contributed by atoms with Gasteiger partial charge in [0, 0.05) is 34.3 Å². The maximum absolute atomic E-state index is 13.9. The molecule has 2 aromatic rings. The van der Waals surface area contributed by atoms with Crippen molar-refractivity contribution in [3.63, 3.8) is 0 Å². The number of carbonyl (C=O) groups is 2. The van der Waals surface area contributed by atoms with Crippen LogP contribution in [0.15, 0.2) is 71.1 Å². The highest BCUT2D eigenvalue weighted by molar-refractivity contribution is 6.30. The second-order valence-electron chi connectivity index (χ2n) is 8.15. The van der Waals surface area contributed by atoms with Crippen LogP contribution < -0.4 is 5.32 Å². The molecule has 172 valence electrons. The van der Waals surface area contributed by atoms with Crippen LogP contribution in [0.4, 0.5) is 13.2 Å². The molecule has 1 aliphatic heterocycles. The Bertz CT molecular complexity index is 1180. The van der Waals surface area contributed by atoms with E-state index in [1.807, 2.05) is 12.1 Å². The third kappa shape index (κ3) is 4.29. The molecule has 2 aromatic carbocycles. The van der Waals surface area contributed by atoms with Gasteiger partial charge in [-0.3, -0.25) is 4.79 Å². The molecule has 1 N–H and O–H groups in total. The molecule has 1 aliphatic carbocycles. The zero-order valence-corrected chi connectivity index (χ0v) is 18.7. The Morgan fingerprint density at radius 2 is 1.76 bits per heavy atom. The zero-order chi connectivity index (χ0) is 23.9. The monoisotopic (exact) mass is 475 g/mol. The minimum absolute atomic E-state index is 0.00578. The number of allylic oxidation sites excluding steroid dienone is 3. The fourth-order valence-corrected chi connectivity index (χ4v) is 4.83. The number of Topliss-reactive ketones (excluding diaryl/α,β-unsaturated/α-hetero) is 1. The summed E-state index contributed by atoms with van der Waals surface area (Å²) in [5, 5.41) is 3.68. The molecule has 2 aliphatic rings. The topological polar surface area (TPSA) is 55.4 Å². The van der Waals surface area contributed by atoms with Crippen molar-refractivity contribution in [2.45, 2.75) is 37.8 Å². The molecule has 2 atom stereocenters. The summed E-state index contributed by atoms with van der Waals surface area (Å²) < 4.78 is 46.6. The number of hydrogen-bond acceptors (Lipinski definition) is 4. The Morgan fingerprint density at radius 1 is 1.09 bits per heavy atom. The molecule has 0 saturated carbocycles. The molecule has 4 nitrogen and oxygen atoms in total. The van der Waals surface area contributed by atoms with Crippen molar-refractivity contribution in [3.05, 3.63) is 92.8 Å². The Kier molecular flexibility index (Phi) is 6.10. The number of benzene rings is 2. The quantitative estimate of drug-likeness (QED) is 0.562. The van der Waals surface area contributed by atoms with E-state index in [9.17, 15) is 22.8 Å². The SMILES string of the molecule is COC(=O)C1=C(C)NC2=C(C(=O)CC(c3ccc(Cl)cc3)C2)C1c1ccccc1C(F)(F)F. The first-order valence-electron chi connectivity index (χ1n) is 10.4. The van der Waals surface area contributed by atoms with Crippen molar-refractivity contribution < 1.29 is 27.5 Å². The van der Waals surface area contributed by atoms with E-state index in [0.717, 1.165) is 11.6 Å². The number of dihydropyridines is 1. The van der Waals surface area contributed by atoms with E-state index in [1.54, 1.807) is 19.1 Å².